The molecule has 1 amide bonds. The normalized spacial score (nSPS) is 15.9. The zero-order valence-corrected chi connectivity index (χ0v) is 16.3. The molecule has 2 aliphatic rings. The highest BCUT2D eigenvalue weighted by atomic mass is 16.5. The molecule has 3 nitrogen and oxygen atoms in total. The number of hydrogen-bond acceptors (Lipinski definition) is 2. The number of carbonyl (C=O) groups excluding carboxylic acids is 1. The third kappa shape index (κ3) is 2.95. The topological polar surface area (TPSA) is 38.3 Å². The predicted octanol–water partition coefficient (Wildman–Crippen LogP) is 5.22. The van der Waals surface area contributed by atoms with E-state index in [9.17, 15) is 4.79 Å². The van der Waals surface area contributed by atoms with Crippen LogP contribution in [0, 0.1) is 0 Å². The van der Waals surface area contributed by atoms with E-state index in [0.29, 0.717) is 0 Å². The van der Waals surface area contributed by atoms with Crippen molar-refractivity contribution in [1.82, 2.24) is 0 Å². The lowest BCUT2D eigenvalue weighted by atomic mass is 9.91. The Morgan fingerprint density at radius 2 is 1.64 bits per heavy atom. The monoisotopic (exact) mass is 371 g/mol. The zero-order valence-electron chi connectivity index (χ0n) is 16.3. The molecule has 3 heteroatoms. The smallest absolute Gasteiger partial charge is 0.265 e. The highest BCUT2D eigenvalue weighted by Gasteiger charge is 2.21. The number of ether oxygens (including phenoxy) is 1. The number of hydrogen-bond donors (Lipinski definition) is 1. The van der Waals surface area contributed by atoms with Gasteiger partial charge in [0.05, 0.1) is 0 Å². The quantitative estimate of drug-likeness (QED) is 0.682. The van der Waals surface area contributed by atoms with Crippen LogP contribution < -0.4 is 10.1 Å². The molecule has 5 rings (SSSR count). The van der Waals surface area contributed by atoms with Crippen molar-refractivity contribution in [1.29, 1.82) is 0 Å². The molecule has 1 unspecified atom stereocenters. The molecule has 28 heavy (non-hydrogen) atoms. The number of benzene rings is 3. The molecule has 0 fully saturated rings. The fraction of sp³-hybridized carbons (Fsp3) is 0.320. The molecule has 0 radical (unpaired) electrons. The average molecular weight is 371 g/mol. The molecular formula is C25H25NO2. The minimum Gasteiger partial charge on any atom is -0.481 e. The Hall–Kier alpha value is -2.81. The fourth-order valence-electron chi connectivity index (χ4n) is 4.69. The fourth-order valence-corrected chi connectivity index (χ4v) is 4.69. The van der Waals surface area contributed by atoms with Gasteiger partial charge in [-0.1, -0.05) is 36.4 Å². The number of carbonyl (C=O) groups is 1. The van der Waals surface area contributed by atoms with Crippen molar-refractivity contribution in [2.75, 3.05) is 5.32 Å². The SMILES string of the molecule is CC(Oc1cccc2c1CCCC2)C(=O)Nc1ccc2c3c(cccc13)CC2. The van der Waals surface area contributed by atoms with Gasteiger partial charge in [-0.25, -0.2) is 0 Å². The first-order valence-corrected chi connectivity index (χ1v) is 10.3. The van der Waals surface area contributed by atoms with Crippen LogP contribution in [0.5, 0.6) is 5.75 Å². The van der Waals surface area contributed by atoms with Crippen molar-refractivity contribution < 1.29 is 9.53 Å². The second-order valence-electron chi connectivity index (χ2n) is 7.96. The second kappa shape index (κ2) is 6.97. The molecule has 0 heterocycles. The van der Waals surface area contributed by atoms with E-state index in [1.54, 1.807) is 0 Å². The van der Waals surface area contributed by atoms with Gasteiger partial charge in [0.25, 0.3) is 5.91 Å². The van der Waals surface area contributed by atoms with Crippen molar-refractivity contribution in [3.8, 4) is 5.75 Å². The summed E-state index contributed by atoms with van der Waals surface area (Å²) in [5, 5.41) is 5.54. The molecule has 1 atom stereocenters. The molecule has 3 aromatic rings. The maximum absolute atomic E-state index is 12.9. The summed E-state index contributed by atoms with van der Waals surface area (Å²) in [5.41, 5.74) is 6.27. The van der Waals surface area contributed by atoms with E-state index in [2.05, 4.69) is 35.6 Å². The highest BCUT2D eigenvalue weighted by Crippen LogP contribution is 2.35. The van der Waals surface area contributed by atoms with Gasteiger partial charge in [-0.15, -0.1) is 0 Å². The minimum absolute atomic E-state index is 0.105. The maximum Gasteiger partial charge on any atom is 0.265 e. The van der Waals surface area contributed by atoms with Gasteiger partial charge in [-0.05, 0) is 85.2 Å². The van der Waals surface area contributed by atoms with Gasteiger partial charge in [0.2, 0.25) is 0 Å². The molecule has 0 saturated carbocycles. The Morgan fingerprint density at radius 1 is 0.893 bits per heavy atom. The Balaban J connectivity index is 1.38. The van der Waals surface area contributed by atoms with E-state index >= 15 is 0 Å². The second-order valence-corrected chi connectivity index (χ2v) is 7.96. The number of fused-ring (bicyclic) bond motifs is 1. The summed E-state index contributed by atoms with van der Waals surface area (Å²) in [7, 11) is 0. The first-order valence-electron chi connectivity index (χ1n) is 10.3. The summed E-state index contributed by atoms with van der Waals surface area (Å²) in [4.78, 5) is 12.9. The van der Waals surface area contributed by atoms with Crippen LogP contribution >= 0.6 is 0 Å². The van der Waals surface area contributed by atoms with Crippen molar-refractivity contribution in [3.05, 3.63) is 70.8 Å². The Labute approximate surface area is 165 Å². The number of nitrogens with one attached hydrogen (secondary N) is 1. The first-order chi connectivity index (χ1) is 13.7. The van der Waals surface area contributed by atoms with Crippen LogP contribution in [0.3, 0.4) is 0 Å². The molecule has 0 spiro atoms. The van der Waals surface area contributed by atoms with Crippen LogP contribution in [-0.4, -0.2) is 12.0 Å². The minimum atomic E-state index is -0.545. The van der Waals surface area contributed by atoms with Crippen molar-refractivity contribution in [2.45, 2.75) is 51.6 Å². The molecular weight excluding hydrogens is 346 g/mol. The number of anilines is 1. The van der Waals surface area contributed by atoms with E-state index in [1.807, 2.05) is 25.1 Å². The summed E-state index contributed by atoms with van der Waals surface area (Å²) < 4.78 is 6.11. The van der Waals surface area contributed by atoms with Crippen molar-refractivity contribution >= 4 is 22.4 Å². The van der Waals surface area contributed by atoms with Gasteiger partial charge in [0.15, 0.2) is 6.10 Å². The summed E-state index contributed by atoms with van der Waals surface area (Å²) in [6.07, 6.45) is 6.19. The lowest BCUT2D eigenvalue weighted by Gasteiger charge is -2.22. The van der Waals surface area contributed by atoms with E-state index in [-0.39, 0.29) is 5.91 Å². The van der Waals surface area contributed by atoms with Gasteiger partial charge < -0.3 is 10.1 Å². The molecule has 0 aliphatic heterocycles. The largest absolute Gasteiger partial charge is 0.481 e. The van der Waals surface area contributed by atoms with Crippen molar-refractivity contribution in [3.63, 3.8) is 0 Å². The van der Waals surface area contributed by atoms with Gasteiger partial charge in [0, 0.05) is 11.1 Å². The van der Waals surface area contributed by atoms with Crippen molar-refractivity contribution in [2.24, 2.45) is 0 Å². The van der Waals surface area contributed by atoms with E-state index < -0.39 is 6.10 Å². The third-order valence-corrected chi connectivity index (χ3v) is 6.16. The summed E-state index contributed by atoms with van der Waals surface area (Å²) in [6, 6.07) is 16.8. The third-order valence-electron chi connectivity index (χ3n) is 6.16. The highest BCUT2D eigenvalue weighted by molar-refractivity contribution is 6.06. The number of rotatable bonds is 4. The Morgan fingerprint density at radius 3 is 2.54 bits per heavy atom. The molecule has 0 aromatic heterocycles. The molecule has 142 valence electrons. The average Bonchev–Trinajstić information content (AvgIpc) is 3.15. The van der Waals surface area contributed by atoms with E-state index in [4.69, 9.17) is 4.74 Å². The van der Waals surface area contributed by atoms with Crippen LogP contribution in [0.4, 0.5) is 5.69 Å². The number of aryl methyl sites for hydroxylation is 3. The van der Waals surface area contributed by atoms with Crippen LogP contribution in [0.1, 0.15) is 42.0 Å². The zero-order chi connectivity index (χ0) is 19.1. The number of amides is 1. The van der Waals surface area contributed by atoms with E-state index in [1.165, 1.54) is 40.5 Å². The summed E-state index contributed by atoms with van der Waals surface area (Å²) >= 11 is 0. The molecule has 3 aromatic carbocycles. The maximum atomic E-state index is 12.9. The Bertz CT molecular complexity index is 1060. The van der Waals surface area contributed by atoms with E-state index in [0.717, 1.165) is 42.5 Å². The Kier molecular flexibility index (Phi) is 4.31. The van der Waals surface area contributed by atoms with Gasteiger partial charge >= 0.3 is 0 Å². The van der Waals surface area contributed by atoms with Crippen LogP contribution in [0.25, 0.3) is 10.8 Å². The standard InChI is InChI=1S/C25H25NO2/c1-16(28-23-11-5-7-17-6-2-3-9-20(17)23)25(27)26-22-15-14-19-13-12-18-8-4-10-21(22)24(18)19/h4-5,7-8,10-11,14-16H,2-3,6,9,12-13H2,1H3,(H,26,27). The lowest BCUT2D eigenvalue weighted by molar-refractivity contribution is -0.122. The molecule has 0 bridgehead atoms. The first kappa shape index (κ1) is 17.3. The van der Waals surface area contributed by atoms with Gasteiger partial charge in [0.1, 0.15) is 5.75 Å². The van der Waals surface area contributed by atoms with Gasteiger partial charge in [-0.3, -0.25) is 4.79 Å². The molecule has 2 aliphatic carbocycles. The molecule has 1 N–H and O–H groups in total. The summed E-state index contributed by atoms with van der Waals surface area (Å²) in [5.74, 6) is 0.757. The van der Waals surface area contributed by atoms with Crippen LogP contribution in [0.15, 0.2) is 48.5 Å². The molecule has 0 saturated heterocycles. The van der Waals surface area contributed by atoms with Gasteiger partial charge in [-0.2, -0.15) is 0 Å². The van der Waals surface area contributed by atoms with Crippen LogP contribution in [-0.2, 0) is 30.5 Å². The van der Waals surface area contributed by atoms with Crippen LogP contribution in [0.2, 0.25) is 0 Å². The predicted molar refractivity (Wildman–Crippen MR) is 113 cm³/mol. The summed E-state index contributed by atoms with van der Waals surface area (Å²) in [6.45, 7) is 1.83. The lowest BCUT2D eigenvalue weighted by Crippen LogP contribution is -2.30.